The third kappa shape index (κ3) is 3.68. The second kappa shape index (κ2) is 6.23. The summed E-state index contributed by atoms with van der Waals surface area (Å²) in [5, 5.41) is 6.20. The van der Waals surface area contributed by atoms with Gasteiger partial charge in [-0.25, -0.2) is 8.42 Å². The summed E-state index contributed by atoms with van der Waals surface area (Å²) in [6, 6.07) is 5.64. The summed E-state index contributed by atoms with van der Waals surface area (Å²) in [6.07, 6.45) is 1.97. The predicted octanol–water partition coefficient (Wildman–Crippen LogP) is 1.38. The maximum absolute atomic E-state index is 12.2. The first-order valence-electron chi connectivity index (χ1n) is 6.92. The molecule has 1 fully saturated rings. The zero-order valence-electron chi connectivity index (χ0n) is 11.6. The van der Waals surface area contributed by atoms with E-state index < -0.39 is 9.84 Å². The summed E-state index contributed by atoms with van der Waals surface area (Å²) in [4.78, 5) is 12.2. The molecule has 0 radical (unpaired) electrons. The lowest BCUT2D eigenvalue weighted by molar-refractivity contribution is 0.0934. The van der Waals surface area contributed by atoms with Crippen molar-refractivity contribution < 1.29 is 13.2 Å². The molecule has 0 atom stereocenters. The molecule has 3 rings (SSSR count). The van der Waals surface area contributed by atoms with Crippen LogP contribution in [0.5, 0.6) is 0 Å². The van der Waals surface area contributed by atoms with Crippen molar-refractivity contribution in [2.24, 2.45) is 0 Å². The third-order valence-electron chi connectivity index (χ3n) is 3.97. The Morgan fingerprint density at radius 2 is 1.95 bits per heavy atom. The molecule has 2 aliphatic heterocycles. The van der Waals surface area contributed by atoms with Gasteiger partial charge in [0.2, 0.25) is 0 Å². The normalized spacial score (nSPS) is 20.0. The van der Waals surface area contributed by atoms with Crippen LogP contribution in [0.2, 0.25) is 0 Å². The quantitative estimate of drug-likeness (QED) is 0.859. The minimum absolute atomic E-state index is 0. The number of benzene rings is 1. The molecule has 5 nitrogen and oxygen atoms in total. The van der Waals surface area contributed by atoms with Crippen LogP contribution in [0.4, 0.5) is 5.69 Å². The second-order valence-electron chi connectivity index (χ2n) is 5.45. The summed E-state index contributed by atoms with van der Waals surface area (Å²) in [6.45, 7) is 0.918. The lowest BCUT2D eigenvalue weighted by Gasteiger charge is -2.23. The molecular weight excluding hydrogens is 312 g/mol. The fourth-order valence-electron chi connectivity index (χ4n) is 2.75. The second-order valence-corrected chi connectivity index (χ2v) is 7.75. The highest BCUT2D eigenvalue weighted by atomic mass is 35.5. The number of anilines is 1. The van der Waals surface area contributed by atoms with E-state index >= 15 is 0 Å². The van der Waals surface area contributed by atoms with Crippen LogP contribution in [-0.2, 0) is 16.3 Å². The first kappa shape index (κ1) is 16.1. The largest absolute Gasteiger partial charge is 0.384 e. The Labute approximate surface area is 130 Å². The van der Waals surface area contributed by atoms with Crippen molar-refractivity contribution in [2.75, 3.05) is 23.4 Å². The summed E-state index contributed by atoms with van der Waals surface area (Å²) >= 11 is 0. The minimum atomic E-state index is -2.88. The number of rotatable bonds is 2. The molecule has 7 heteroatoms. The number of carbonyl (C=O) groups excluding carboxylic acids is 1. The van der Waals surface area contributed by atoms with Gasteiger partial charge >= 0.3 is 0 Å². The van der Waals surface area contributed by atoms with Crippen molar-refractivity contribution >= 4 is 33.8 Å². The summed E-state index contributed by atoms with van der Waals surface area (Å²) in [7, 11) is -2.88. The van der Waals surface area contributed by atoms with Gasteiger partial charge in [0.25, 0.3) is 5.91 Å². The van der Waals surface area contributed by atoms with Gasteiger partial charge in [0.15, 0.2) is 0 Å². The third-order valence-corrected chi connectivity index (χ3v) is 5.68. The van der Waals surface area contributed by atoms with Gasteiger partial charge in [0.05, 0.1) is 11.5 Å². The lowest BCUT2D eigenvalue weighted by Crippen LogP contribution is -2.40. The monoisotopic (exact) mass is 330 g/mol. The van der Waals surface area contributed by atoms with Crippen LogP contribution in [-0.4, -0.2) is 38.4 Å². The number of carbonyl (C=O) groups is 1. The van der Waals surface area contributed by atoms with Crippen LogP contribution < -0.4 is 10.6 Å². The Morgan fingerprint density at radius 3 is 2.67 bits per heavy atom. The Bertz CT molecular complexity index is 632. The van der Waals surface area contributed by atoms with E-state index in [0.717, 1.165) is 18.7 Å². The topological polar surface area (TPSA) is 75.3 Å². The maximum Gasteiger partial charge on any atom is 0.251 e. The zero-order chi connectivity index (χ0) is 14.2. The molecule has 2 heterocycles. The van der Waals surface area contributed by atoms with Crippen molar-refractivity contribution in [3.05, 3.63) is 29.3 Å². The lowest BCUT2D eigenvalue weighted by atomic mass is 10.1. The van der Waals surface area contributed by atoms with E-state index in [1.807, 2.05) is 18.2 Å². The Kier molecular flexibility index (Phi) is 4.78. The number of hydrogen-bond donors (Lipinski definition) is 2. The van der Waals surface area contributed by atoms with Crippen molar-refractivity contribution in [2.45, 2.75) is 25.3 Å². The standard InChI is InChI=1S/C14H18N2O3S.ClH/c17-14(16-12-4-7-20(18,19)8-5-12)11-1-2-13-10(9-11)3-6-15-13;/h1-2,9,12,15H,3-8H2,(H,16,17);1H. The number of sulfone groups is 1. The van der Waals surface area contributed by atoms with Gasteiger partial charge in [-0.1, -0.05) is 0 Å². The van der Waals surface area contributed by atoms with Crippen LogP contribution in [0.1, 0.15) is 28.8 Å². The van der Waals surface area contributed by atoms with Crippen LogP contribution in [0, 0.1) is 0 Å². The first-order valence-corrected chi connectivity index (χ1v) is 8.74. The van der Waals surface area contributed by atoms with Crippen LogP contribution in [0.25, 0.3) is 0 Å². The summed E-state index contributed by atoms with van der Waals surface area (Å²) < 4.78 is 22.7. The Hall–Kier alpha value is -1.27. The molecule has 0 aromatic heterocycles. The molecule has 0 bridgehead atoms. The average Bonchev–Trinajstić information content (AvgIpc) is 2.88. The van der Waals surface area contributed by atoms with E-state index in [9.17, 15) is 13.2 Å². The summed E-state index contributed by atoms with van der Waals surface area (Å²) in [5.41, 5.74) is 2.93. The van der Waals surface area contributed by atoms with Gasteiger partial charge in [-0.05, 0) is 43.0 Å². The SMILES string of the molecule is Cl.O=C(NC1CCS(=O)(=O)CC1)c1ccc2c(c1)CCN2. The number of hydrogen-bond acceptors (Lipinski definition) is 4. The fraction of sp³-hybridized carbons (Fsp3) is 0.500. The van der Waals surface area contributed by atoms with Gasteiger partial charge in [-0.3, -0.25) is 4.79 Å². The van der Waals surface area contributed by atoms with Crippen molar-refractivity contribution in [3.63, 3.8) is 0 Å². The van der Waals surface area contributed by atoms with Gasteiger partial charge < -0.3 is 10.6 Å². The van der Waals surface area contributed by atoms with Gasteiger partial charge in [-0.15, -0.1) is 12.4 Å². The smallest absolute Gasteiger partial charge is 0.251 e. The van der Waals surface area contributed by atoms with Crippen LogP contribution >= 0.6 is 12.4 Å². The van der Waals surface area contributed by atoms with Crippen molar-refractivity contribution in [3.8, 4) is 0 Å². The minimum Gasteiger partial charge on any atom is -0.384 e. The van der Waals surface area contributed by atoms with E-state index in [1.165, 1.54) is 5.56 Å². The van der Waals surface area contributed by atoms with E-state index in [2.05, 4.69) is 10.6 Å². The highest BCUT2D eigenvalue weighted by Crippen LogP contribution is 2.23. The molecule has 1 aromatic rings. The molecule has 1 saturated heterocycles. The highest BCUT2D eigenvalue weighted by Gasteiger charge is 2.25. The number of amides is 1. The predicted molar refractivity (Wildman–Crippen MR) is 85.0 cm³/mol. The Morgan fingerprint density at radius 1 is 1.24 bits per heavy atom. The number of fused-ring (bicyclic) bond motifs is 1. The fourth-order valence-corrected chi connectivity index (χ4v) is 4.24. The van der Waals surface area contributed by atoms with Gasteiger partial charge in [0.1, 0.15) is 9.84 Å². The molecule has 1 amide bonds. The molecule has 2 aliphatic rings. The maximum atomic E-state index is 12.2. The average molecular weight is 331 g/mol. The molecule has 0 spiro atoms. The van der Waals surface area contributed by atoms with Gasteiger partial charge in [-0.2, -0.15) is 0 Å². The zero-order valence-corrected chi connectivity index (χ0v) is 13.2. The molecule has 0 aliphatic carbocycles. The molecule has 2 N–H and O–H groups in total. The Balaban J connectivity index is 0.00000161. The molecule has 116 valence electrons. The molecular formula is C14H19ClN2O3S. The van der Waals surface area contributed by atoms with Crippen LogP contribution in [0.3, 0.4) is 0 Å². The number of halogens is 1. The first-order chi connectivity index (χ1) is 9.53. The highest BCUT2D eigenvalue weighted by molar-refractivity contribution is 7.91. The molecule has 0 saturated carbocycles. The van der Waals surface area contributed by atoms with Crippen LogP contribution in [0.15, 0.2) is 18.2 Å². The molecule has 0 unspecified atom stereocenters. The van der Waals surface area contributed by atoms with Crippen molar-refractivity contribution in [1.29, 1.82) is 0 Å². The van der Waals surface area contributed by atoms with E-state index in [1.54, 1.807) is 0 Å². The number of nitrogens with one attached hydrogen (secondary N) is 2. The van der Waals surface area contributed by atoms with Gasteiger partial charge in [0, 0.05) is 23.8 Å². The van der Waals surface area contributed by atoms with E-state index in [0.29, 0.717) is 18.4 Å². The molecule has 1 aromatic carbocycles. The molecule has 21 heavy (non-hydrogen) atoms. The van der Waals surface area contributed by atoms with Crippen molar-refractivity contribution in [1.82, 2.24) is 5.32 Å². The van der Waals surface area contributed by atoms with E-state index in [4.69, 9.17) is 0 Å². The van der Waals surface area contributed by atoms with E-state index in [-0.39, 0.29) is 35.9 Å². The summed E-state index contributed by atoms with van der Waals surface area (Å²) in [5.74, 6) is 0.238.